The highest BCUT2D eigenvalue weighted by atomic mass is 19.1. The van der Waals surface area contributed by atoms with Gasteiger partial charge in [0, 0.05) is 74.6 Å². The largest absolute Gasteiger partial charge is 0.490 e. The minimum absolute atomic E-state index is 0.0551. The molecule has 250 valence electrons. The first-order chi connectivity index (χ1) is 22.8. The van der Waals surface area contributed by atoms with Gasteiger partial charge in [-0.15, -0.1) is 10.2 Å². The molecule has 12 nitrogen and oxygen atoms in total. The highest BCUT2D eigenvalue weighted by molar-refractivity contribution is 5.97. The second-order valence-corrected chi connectivity index (χ2v) is 13.3. The minimum Gasteiger partial charge on any atom is -0.490 e. The third-order valence-electron chi connectivity index (χ3n) is 9.64. The Labute approximate surface area is 274 Å². The van der Waals surface area contributed by atoms with Crippen LogP contribution in [0.15, 0.2) is 36.8 Å². The molecule has 0 N–H and O–H groups in total. The molecule has 3 fully saturated rings. The number of rotatable bonds is 10. The summed E-state index contributed by atoms with van der Waals surface area (Å²) in [4.78, 5) is 28.6. The zero-order valence-corrected chi connectivity index (χ0v) is 27.2. The predicted molar refractivity (Wildman–Crippen MR) is 170 cm³/mol. The van der Waals surface area contributed by atoms with Gasteiger partial charge in [0.15, 0.2) is 5.82 Å². The van der Waals surface area contributed by atoms with Crippen molar-refractivity contribution in [3.8, 4) is 17.4 Å². The molecule has 1 saturated carbocycles. The van der Waals surface area contributed by atoms with Crippen molar-refractivity contribution in [2.75, 3.05) is 57.4 Å². The Kier molecular flexibility index (Phi) is 8.95. The zero-order chi connectivity index (χ0) is 32.5. The topological polar surface area (TPSA) is 115 Å². The fourth-order valence-corrected chi connectivity index (χ4v) is 7.31. The number of carbonyl (C=O) groups excluding carboxylic acids is 1. The Morgan fingerprint density at radius 2 is 2.02 bits per heavy atom. The standard InChI is InChI=1S/C34H42FN7O5/c1-4-42(22(2)3)33(43)26-13-23(35)5-6-29(26)47-32-31(37-21-38-39-32)41-19-34(20-41)14-24(15-34)46-30-7-9-36-28-8-10-40(17-27(28)30)16-25-18-44-11-12-45-25/h5-7,9,13,21-22,24-25H,4,8,10-12,14-20H2,1-3H3/t25-/m0/s1. The van der Waals surface area contributed by atoms with Crippen LogP contribution in [0.5, 0.6) is 17.4 Å². The number of benzene rings is 1. The lowest BCUT2D eigenvalue weighted by atomic mass is 9.61. The average Bonchev–Trinajstić information content (AvgIpc) is 3.03. The molecule has 1 aliphatic carbocycles. The van der Waals surface area contributed by atoms with Crippen LogP contribution < -0.4 is 14.4 Å². The number of nitrogens with zero attached hydrogens (tertiary/aromatic N) is 7. The number of fused-ring (bicyclic) bond motifs is 1. The molecule has 3 aliphatic heterocycles. The summed E-state index contributed by atoms with van der Waals surface area (Å²) < 4.78 is 38.5. The molecule has 3 aromatic rings. The number of aromatic nitrogens is 4. The molecule has 1 amide bonds. The van der Waals surface area contributed by atoms with E-state index < -0.39 is 5.82 Å². The Hall–Kier alpha value is -3.94. The first-order valence-corrected chi connectivity index (χ1v) is 16.6. The minimum atomic E-state index is -0.516. The number of amides is 1. The lowest BCUT2D eigenvalue weighted by Gasteiger charge is -2.58. The van der Waals surface area contributed by atoms with Crippen molar-refractivity contribution in [1.29, 1.82) is 0 Å². The van der Waals surface area contributed by atoms with Gasteiger partial charge in [0.05, 0.1) is 31.5 Å². The van der Waals surface area contributed by atoms with Crippen molar-refractivity contribution in [2.45, 2.75) is 64.8 Å². The molecule has 0 unspecified atom stereocenters. The summed E-state index contributed by atoms with van der Waals surface area (Å²) in [6.07, 6.45) is 6.24. The van der Waals surface area contributed by atoms with E-state index in [-0.39, 0.29) is 46.8 Å². The lowest BCUT2D eigenvalue weighted by Crippen LogP contribution is -2.65. The van der Waals surface area contributed by atoms with E-state index in [2.05, 4.69) is 30.0 Å². The summed E-state index contributed by atoms with van der Waals surface area (Å²) >= 11 is 0. The number of anilines is 1. The third kappa shape index (κ3) is 6.61. The van der Waals surface area contributed by atoms with Crippen molar-refractivity contribution in [3.05, 3.63) is 59.4 Å². The second-order valence-electron chi connectivity index (χ2n) is 13.3. The van der Waals surface area contributed by atoms with Gasteiger partial charge < -0.3 is 28.7 Å². The summed E-state index contributed by atoms with van der Waals surface area (Å²) in [6, 6.07) is 5.87. The van der Waals surface area contributed by atoms with Gasteiger partial charge in [-0.05, 0) is 57.9 Å². The van der Waals surface area contributed by atoms with Gasteiger partial charge in [0.2, 0.25) is 0 Å². The molecule has 0 bridgehead atoms. The molecule has 1 spiro atoms. The highest BCUT2D eigenvalue weighted by Crippen LogP contribution is 2.52. The fourth-order valence-electron chi connectivity index (χ4n) is 7.31. The monoisotopic (exact) mass is 647 g/mol. The van der Waals surface area contributed by atoms with E-state index in [1.54, 1.807) is 4.90 Å². The van der Waals surface area contributed by atoms with Crippen molar-refractivity contribution in [2.24, 2.45) is 5.41 Å². The Morgan fingerprint density at radius 1 is 1.17 bits per heavy atom. The van der Waals surface area contributed by atoms with Crippen LogP contribution in [-0.2, 0) is 22.4 Å². The number of hydrogen-bond donors (Lipinski definition) is 0. The summed E-state index contributed by atoms with van der Waals surface area (Å²) in [6.45, 7) is 12.3. The molecule has 1 aromatic carbocycles. The Morgan fingerprint density at radius 3 is 2.79 bits per heavy atom. The second kappa shape index (κ2) is 13.3. The van der Waals surface area contributed by atoms with Crippen LogP contribution in [0.3, 0.4) is 0 Å². The molecule has 7 rings (SSSR count). The van der Waals surface area contributed by atoms with Gasteiger partial charge in [0.25, 0.3) is 11.8 Å². The van der Waals surface area contributed by atoms with E-state index in [1.807, 2.05) is 33.0 Å². The molecule has 1 atom stereocenters. The fraction of sp³-hybridized carbons (Fsp3) is 0.559. The summed E-state index contributed by atoms with van der Waals surface area (Å²) in [5.41, 5.74) is 2.55. The molecule has 13 heteroatoms. The number of halogens is 1. The van der Waals surface area contributed by atoms with Crippen molar-refractivity contribution >= 4 is 11.7 Å². The van der Waals surface area contributed by atoms with Crippen LogP contribution in [-0.4, -0.2) is 107 Å². The van der Waals surface area contributed by atoms with E-state index in [0.29, 0.717) is 32.2 Å². The van der Waals surface area contributed by atoms with Crippen LogP contribution >= 0.6 is 0 Å². The van der Waals surface area contributed by atoms with Gasteiger partial charge in [-0.3, -0.25) is 14.7 Å². The quantitative estimate of drug-likeness (QED) is 0.319. The third-order valence-corrected chi connectivity index (χ3v) is 9.64. The van der Waals surface area contributed by atoms with E-state index in [1.165, 1.54) is 30.1 Å². The maximum Gasteiger partial charge on any atom is 0.282 e. The molecule has 5 heterocycles. The normalized spacial score (nSPS) is 20.8. The van der Waals surface area contributed by atoms with Gasteiger partial charge >= 0.3 is 0 Å². The lowest BCUT2D eigenvalue weighted by molar-refractivity contribution is -0.0986. The molecule has 47 heavy (non-hydrogen) atoms. The molecular weight excluding hydrogens is 605 g/mol. The maximum atomic E-state index is 14.3. The smallest absolute Gasteiger partial charge is 0.282 e. The van der Waals surface area contributed by atoms with Crippen LogP contribution in [0.4, 0.5) is 10.2 Å². The Bertz CT molecular complexity index is 1590. The first-order valence-electron chi connectivity index (χ1n) is 16.6. The van der Waals surface area contributed by atoms with Gasteiger partial charge in [0.1, 0.15) is 29.7 Å². The number of carbonyl (C=O) groups is 1. The van der Waals surface area contributed by atoms with Crippen molar-refractivity contribution < 1.29 is 28.1 Å². The maximum absolute atomic E-state index is 14.3. The number of hydrogen-bond acceptors (Lipinski definition) is 11. The molecular formula is C34H42FN7O5. The van der Waals surface area contributed by atoms with Crippen molar-refractivity contribution in [1.82, 2.24) is 30.0 Å². The van der Waals surface area contributed by atoms with Gasteiger partial charge in [-0.2, -0.15) is 0 Å². The number of ether oxygens (including phenoxy) is 4. The van der Waals surface area contributed by atoms with Crippen LogP contribution in [0.25, 0.3) is 0 Å². The van der Waals surface area contributed by atoms with Crippen LogP contribution in [0.2, 0.25) is 0 Å². The van der Waals surface area contributed by atoms with E-state index >= 15 is 0 Å². The van der Waals surface area contributed by atoms with E-state index in [9.17, 15) is 9.18 Å². The molecule has 4 aliphatic rings. The van der Waals surface area contributed by atoms with E-state index in [0.717, 1.165) is 63.4 Å². The molecule has 0 radical (unpaired) electrons. The Balaban J connectivity index is 0.978. The van der Waals surface area contributed by atoms with Gasteiger partial charge in [-0.1, -0.05) is 0 Å². The number of pyridine rings is 1. The SMILES string of the molecule is CCN(C(=O)c1cc(F)ccc1Oc1nncnc1N1CC2(CC(Oc3ccnc4c3CN(C[C@H]3COCCO3)CC4)C2)C1)C(C)C. The van der Waals surface area contributed by atoms with Crippen LogP contribution in [0, 0.1) is 11.2 Å². The summed E-state index contributed by atoms with van der Waals surface area (Å²) in [5, 5.41) is 8.13. The first kappa shape index (κ1) is 31.6. The predicted octanol–water partition coefficient (Wildman–Crippen LogP) is 3.89. The molecule has 2 aromatic heterocycles. The van der Waals surface area contributed by atoms with E-state index in [4.69, 9.17) is 18.9 Å². The molecule has 2 saturated heterocycles. The highest BCUT2D eigenvalue weighted by Gasteiger charge is 2.54. The summed E-state index contributed by atoms with van der Waals surface area (Å²) in [7, 11) is 0. The average molecular weight is 648 g/mol. The summed E-state index contributed by atoms with van der Waals surface area (Å²) in [5.74, 6) is 1.04. The van der Waals surface area contributed by atoms with Crippen LogP contribution in [0.1, 0.15) is 55.2 Å². The zero-order valence-electron chi connectivity index (χ0n) is 27.2. The van der Waals surface area contributed by atoms with Crippen molar-refractivity contribution in [3.63, 3.8) is 0 Å². The van der Waals surface area contributed by atoms with Gasteiger partial charge in [-0.25, -0.2) is 9.37 Å².